The van der Waals surface area contributed by atoms with Crippen LogP contribution in [0.1, 0.15) is 66.3 Å². The van der Waals surface area contributed by atoms with Crippen molar-refractivity contribution in [1.82, 2.24) is 10.2 Å². The van der Waals surface area contributed by atoms with Crippen molar-refractivity contribution in [2.75, 3.05) is 19.0 Å². The predicted molar refractivity (Wildman–Crippen MR) is 133 cm³/mol. The molecule has 1 aliphatic heterocycles. The molecule has 0 saturated carbocycles. The minimum Gasteiger partial charge on any atom is -0.496 e. The van der Waals surface area contributed by atoms with E-state index in [9.17, 15) is 14.4 Å². The second-order valence-electron chi connectivity index (χ2n) is 9.26. The van der Waals surface area contributed by atoms with E-state index in [2.05, 4.69) is 17.6 Å². The van der Waals surface area contributed by atoms with E-state index in [0.717, 1.165) is 31.4 Å². The number of ether oxygens (including phenoxy) is 1. The standard InChI is InChI=1S/C27H35N3O4/c1-17(2)24(29-25(31)21-11-6-7-12-23(21)34-5)26(32)28-22-14-13-20(16-18(22)3)27(33)30-15-9-8-10-19(30)4/h6-7,11-14,16-17,19,24H,8-10,15H2,1-5H3,(H,28,32)(H,29,31). The Morgan fingerprint density at radius 2 is 1.82 bits per heavy atom. The number of likely N-dealkylation sites (tertiary alicyclic amines) is 1. The Labute approximate surface area is 201 Å². The Balaban J connectivity index is 1.72. The molecule has 3 amide bonds. The first-order chi connectivity index (χ1) is 16.2. The summed E-state index contributed by atoms with van der Waals surface area (Å²) < 4.78 is 5.27. The van der Waals surface area contributed by atoms with Crippen molar-refractivity contribution in [3.8, 4) is 5.75 Å². The zero-order chi connectivity index (χ0) is 24.8. The third-order valence-corrected chi connectivity index (χ3v) is 6.38. The maximum absolute atomic E-state index is 13.1. The number of nitrogens with zero attached hydrogens (tertiary/aromatic N) is 1. The maximum Gasteiger partial charge on any atom is 0.255 e. The number of para-hydroxylation sites is 1. The summed E-state index contributed by atoms with van der Waals surface area (Å²) in [5.41, 5.74) is 2.40. The summed E-state index contributed by atoms with van der Waals surface area (Å²) in [6.07, 6.45) is 3.20. The SMILES string of the molecule is COc1ccccc1C(=O)NC(C(=O)Nc1ccc(C(=O)N2CCCCC2C)cc1C)C(C)C. The van der Waals surface area contributed by atoms with E-state index in [-0.39, 0.29) is 29.7 Å². The van der Waals surface area contributed by atoms with Crippen LogP contribution in [0.15, 0.2) is 42.5 Å². The smallest absolute Gasteiger partial charge is 0.255 e. The van der Waals surface area contributed by atoms with Crippen LogP contribution in [0.25, 0.3) is 0 Å². The molecule has 0 spiro atoms. The normalized spacial score (nSPS) is 16.6. The van der Waals surface area contributed by atoms with Gasteiger partial charge in [-0.15, -0.1) is 0 Å². The van der Waals surface area contributed by atoms with Gasteiger partial charge in [-0.05, 0) is 74.9 Å². The fraction of sp³-hybridized carbons (Fsp3) is 0.444. The van der Waals surface area contributed by atoms with Crippen LogP contribution >= 0.6 is 0 Å². The van der Waals surface area contributed by atoms with Gasteiger partial charge >= 0.3 is 0 Å². The summed E-state index contributed by atoms with van der Waals surface area (Å²) in [4.78, 5) is 40.9. The van der Waals surface area contributed by atoms with Gasteiger partial charge in [-0.2, -0.15) is 0 Å². The molecule has 7 heteroatoms. The van der Waals surface area contributed by atoms with Gasteiger partial charge in [0.15, 0.2) is 0 Å². The highest BCUT2D eigenvalue weighted by Crippen LogP contribution is 2.23. The number of hydrogen-bond acceptors (Lipinski definition) is 4. The second-order valence-corrected chi connectivity index (χ2v) is 9.26. The van der Waals surface area contributed by atoms with Gasteiger partial charge in [0, 0.05) is 23.8 Å². The topological polar surface area (TPSA) is 87.7 Å². The molecule has 2 aromatic rings. The van der Waals surface area contributed by atoms with Crippen LogP contribution < -0.4 is 15.4 Å². The van der Waals surface area contributed by atoms with E-state index in [1.54, 1.807) is 36.4 Å². The summed E-state index contributed by atoms with van der Waals surface area (Å²) in [7, 11) is 1.50. The van der Waals surface area contributed by atoms with Crippen molar-refractivity contribution in [3.05, 3.63) is 59.2 Å². The third-order valence-electron chi connectivity index (χ3n) is 6.38. The highest BCUT2D eigenvalue weighted by atomic mass is 16.5. The molecule has 1 aliphatic rings. The Hall–Kier alpha value is -3.35. The van der Waals surface area contributed by atoms with Gasteiger partial charge in [0.1, 0.15) is 11.8 Å². The zero-order valence-corrected chi connectivity index (χ0v) is 20.7. The van der Waals surface area contributed by atoms with E-state index in [0.29, 0.717) is 22.6 Å². The summed E-state index contributed by atoms with van der Waals surface area (Å²) in [6.45, 7) is 8.48. The molecule has 0 aromatic heterocycles. The predicted octanol–water partition coefficient (Wildman–Crippen LogP) is 4.41. The van der Waals surface area contributed by atoms with Gasteiger partial charge in [0.25, 0.3) is 11.8 Å². The third kappa shape index (κ3) is 5.76. The minimum atomic E-state index is -0.743. The lowest BCUT2D eigenvalue weighted by Gasteiger charge is -2.33. The quantitative estimate of drug-likeness (QED) is 0.634. The van der Waals surface area contributed by atoms with Gasteiger partial charge < -0.3 is 20.3 Å². The summed E-state index contributed by atoms with van der Waals surface area (Å²) >= 11 is 0. The van der Waals surface area contributed by atoms with Gasteiger partial charge in [0.05, 0.1) is 12.7 Å². The molecule has 1 heterocycles. The molecule has 2 unspecified atom stereocenters. The Bertz CT molecular complexity index is 1050. The average molecular weight is 466 g/mol. The highest BCUT2D eigenvalue weighted by molar-refractivity contribution is 6.03. The lowest BCUT2D eigenvalue weighted by molar-refractivity contribution is -0.118. The molecule has 2 atom stereocenters. The van der Waals surface area contributed by atoms with Crippen molar-refractivity contribution < 1.29 is 19.1 Å². The van der Waals surface area contributed by atoms with Crippen LogP contribution in [0.5, 0.6) is 5.75 Å². The molecule has 2 N–H and O–H groups in total. The first-order valence-electron chi connectivity index (χ1n) is 11.9. The highest BCUT2D eigenvalue weighted by Gasteiger charge is 2.27. The largest absolute Gasteiger partial charge is 0.496 e. The van der Waals surface area contributed by atoms with Crippen molar-refractivity contribution in [3.63, 3.8) is 0 Å². The number of nitrogens with one attached hydrogen (secondary N) is 2. The Morgan fingerprint density at radius 3 is 2.47 bits per heavy atom. The number of carbonyl (C=O) groups excluding carboxylic acids is 3. The summed E-state index contributed by atoms with van der Waals surface area (Å²) in [5.74, 6) is -0.357. The Kier molecular flexibility index (Phi) is 8.31. The van der Waals surface area contributed by atoms with Crippen LogP contribution in [0, 0.1) is 12.8 Å². The van der Waals surface area contributed by atoms with Gasteiger partial charge in [-0.25, -0.2) is 0 Å². The molecule has 1 saturated heterocycles. The van der Waals surface area contributed by atoms with Crippen molar-refractivity contribution in [1.29, 1.82) is 0 Å². The average Bonchev–Trinajstić information content (AvgIpc) is 2.83. The Morgan fingerprint density at radius 1 is 1.09 bits per heavy atom. The van der Waals surface area contributed by atoms with E-state index in [1.165, 1.54) is 7.11 Å². The first-order valence-corrected chi connectivity index (χ1v) is 11.9. The zero-order valence-electron chi connectivity index (χ0n) is 20.7. The molecule has 2 aromatic carbocycles. The number of carbonyl (C=O) groups is 3. The molecule has 7 nitrogen and oxygen atoms in total. The molecule has 34 heavy (non-hydrogen) atoms. The number of methoxy groups -OCH3 is 1. The number of rotatable bonds is 7. The maximum atomic E-state index is 13.1. The molecule has 182 valence electrons. The monoisotopic (exact) mass is 465 g/mol. The number of amides is 3. The molecule has 0 bridgehead atoms. The molecular weight excluding hydrogens is 430 g/mol. The van der Waals surface area contributed by atoms with E-state index >= 15 is 0 Å². The van der Waals surface area contributed by atoms with Crippen molar-refractivity contribution in [2.24, 2.45) is 5.92 Å². The first kappa shape index (κ1) is 25.3. The molecule has 3 rings (SSSR count). The minimum absolute atomic E-state index is 0.0253. The number of anilines is 1. The van der Waals surface area contributed by atoms with Gasteiger partial charge in [-0.3, -0.25) is 14.4 Å². The fourth-order valence-corrected chi connectivity index (χ4v) is 4.30. The van der Waals surface area contributed by atoms with Crippen LogP contribution in [-0.2, 0) is 4.79 Å². The molecule has 1 fully saturated rings. The van der Waals surface area contributed by atoms with Crippen molar-refractivity contribution >= 4 is 23.4 Å². The van der Waals surface area contributed by atoms with E-state index < -0.39 is 6.04 Å². The fourth-order valence-electron chi connectivity index (χ4n) is 4.30. The van der Waals surface area contributed by atoms with Crippen LogP contribution in [0.4, 0.5) is 5.69 Å². The number of hydrogen-bond donors (Lipinski definition) is 2. The van der Waals surface area contributed by atoms with Crippen LogP contribution in [0.3, 0.4) is 0 Å². The second kappa shape index (κ2) is 11.2. The lowest BCUT2D eigenvalue weighted by Crippen LogP contribution is -2.47. The van der Waals surface area contributed by atoms with Gasteiger partial charge in [-0.1, -0.05) is 26.0 Å². The van der Waals surface area contributed by atoms with E-state index in [1.807, 2.05) is 31.7 Å². The number of aryl methyl sites for hydroxylation is 1. The molecular formula is C27H35N3O4. The van der Waals surface area contributed by atoms with Crippen molar-refractivity contribution in [2.45, 2.75) is 59.0 Å². The molecule has 0 radical (unpaired) electrons. The number of piperidine rings is 1. The molecule has 0 aliphatic carbocycles. The summed E-state index contributed by atoms with van der Waals surface area (Å²) in [6, 6.07) is 11.7. The van der Waals surface area contributed by atoms with Crippen LogP contribution in [0.2, 0.25) is 0 Å². The van der Waals surface area contributed by atoms with E-state index in [4.69, 9.17) is 4.74 Å². The number of benzene rings is 2. The summed E-state index contributed by atoms with van der Waals surface area (Å²) in [5, 5.41) is 5.75. The lowest BCUT2D eigenvalue weighted by atomic mass is 10.0. The van der Waals surface area contributed by atoms with Gasteiger partial charge in [0.2, 0.25) is 5.91 Å². The van der Waals surface area contributed by atoms with Crippen LogP contribution in [-0.4, -0.2) is 48.4 Å².